The van der Waals surface area contributed by atoms with Crippen LogP contribution < -0.4 is 4.74 Å². The molecule has 1 saturated heterocycles. The minimum Gasteiger partial charge on any atom is -0.497 e. The Morgan fingerprint density at radius 2 is 1.92 bits per heavy atom. The highest BCUT2D eigenvalue weighted by Gasteiger charge is 2.25. The van der Waals surface area contributed by atoms with Gasteiger partial charge in [0, 0.05) is 48.3 Å². The number of aryl methyl sites for hydroxylation is 1. The number of hydrogen-bond donors (Lipinski definition) is 1. The van der Waals surface area contributed by atoms with Gasteiger partial charge in [-0.2, -0.15) is 0 Å². The van der Waals surface area contributed by atoms with E-state index in [0.29, 0.717) is 44.9 Å². The third-order valence-electron chi connectivity index (χ3n) is 4.74. The van der Waals surface area contributed by atoms with E-state index in [1.165, 1.54) is 0 Å². The topological polar surface area (TPSA) is 74.9 Å². The molecule has 1 amide bonds. The van der Waals surface area contributed by atoms with E-state index in [9.17, 15) is 9.59 Å². The molecule has 1 aromatic heterocycles. The first-order valence-corrected chi connectivity index (χ1v) is 8.87. The Morgan fingerprint density at radius 3 is 2.58 bits per heavy atom. The summed E-state index contributed by atoms with van der Waals surface area (Å²) < 4.78 is 10.3. The molecule has 0 unspecified atom stereocenters. The Bertz CT molecular complexity index is 806. The van der Waals surface area contributed by atoms with Crippen LogP contribution in [0.1, 0.15) is 23.0 Å². The van der Waals surface area contributed by atoms with Crippen molar-refractivity contribution < 1.29 is 19.1 Å². The highest BCUT2D eigenvalue weighted by Crippen LogP contribution is 2.27. The Balaban J connectivity index is 1.68. The van der Waals surface area contributed by atoms with Gasteiger partial charge in [0.2, 0.25) is 0 Å². The number of rotatable bonds is 5. The van der Waals surface area contributed by atoms with Gasteiger partial charge in [0.05, 0.1) is 20.3 Å². The van der Waals surface area contributed by atoms with Crippen molar-refractivity contribution in [2.75, 3.05) is 46.4 Å². The molecule has 26 heavy (non-hydrogen) atoms. The number of benzene rings is 1. The van der Waals surface area contributed by atoms with Gasteiger partial charge in [-0.3, -0.25) is 9.69 Å². The Labute approximate surface area is 152 Å². The molecular formula is C19H25N3O4. The molecule has 1 fully saturated rings. The highest BCUT2D eigenvalue weighted by molar-refractivity contribution is 6.10. The number of aromatic nitrogens is 1. The minimum absolute atomic E-state index is 0.0755. The molecular weight excluding hydrogens is 334 g/mol. The summed E-state index contributed by atoms with van der Waals surface area (Å²) in [4.78, 5) is 31.7. The van der Waals surface area contributed by atoms with Crippen molar-refractivity contribution in [1.29, 1.82) is 0 Å². The first-order chi connectivity index (χ1) is 12.5. The van der Waals surface area contributed by atoms with Gasteiger partial charge in [0.25, 0.3) is 0 Å². The number of H-pyrrole nitrogens is 1. The molecule has 0 radical (unpaired) electrons. The molecule has 0 aliphatic carbocycles. The predicted octanol–water partition coefficient (Wildman–Crippen LogP) is 2.44. The normalized spacial score (nSPS) is 15.3. The summed E-state index contributed by atoms with van der Waals surface area (Å²) in [6, 6.07) is 5.70. The number of carbonyl (C=O) groups is 2. The maximum absolute atomic E-state index is 12.9. The number of Topliss-reactive ketones (excluding diaryl/α,β-unsaturated/α-hetero) is 1. The molecule has 1 aromatic carbocycles. The lowest BCUT2D eigenvalue weighted by atomic mass is 10.1. The average molecular weight is 359 g/mol. The van der Waals surface area contributed by atoms with Gasteiger partial charge in [-0.1, -0.05) is 0 Å². The third kappa shape index (κ3) is 3.67. The molecule has 0 saturated carbocycles. The largest absolute Gasteiger partial charge is 0.497 e. The van der Waals surface area contributed by atoms with Crippen LogP contribution in [0.5, 0.6) is 5.75 Å². The Hall–Kier alpha value is -2.54. The van der Waals surface area contributed by atoms with Crippen LogP contribution in [0.25, 0.3) is 10.9 Å². The SMILES string of the molecule is CCOC(=O)N1CCN(CC(=O)c2c(C)[nH]c3ccc(OC)cc23)CC1. The molecule has 1 aliphatic heterocycles. The lowest BCUT2D eigenvalue weighted by Crippen LogP contribution is -2.50. The zero-order valence-electron chi connectivity index (χ0n) is 15.5. The van der Waals surface area contributed by atoms with Gasteiger partial charge in [-0.15, -0.1) is 0 Å². The van der Waals surface area contributed by atoms with Crippen LogP contribution in [0, 0.1) is 6.92 Å². The second kappa shape index (κ2) is 7.78. The van der Waals surface area contributed by atoms with Crippen molar-refractivity contribution in [3.63, 3.8) is 0 Å². The van der Waals surface area contributed by atoms with Crippen molar-refractivity contribution >= 4 is 22.8 Å². The third-order valence-corrected chi connectivity index (χ3v) is 4.74. The van der Waals surface area contributed by atoms with E-state index in [2.05, 4.69) is 9.88 Å². The molecule has 7 nitrogen and oxygen atoms in total. The van der Waals surface area contributed by atoms with Gasteiger partial charge in [-0.05, 0) is 32.0 Å². The fraction of sp³-hybridized carbons (Fsp3) is 0.474. The second-order valence-electron chi connectivity index (χ2n) is 6.42. The number of methoxy groups -OCH3 is 1. The van der Waals surface area contributed by atoms with E-state index in [1.807, 2.05) is 25.1 Å². The van der Waals surface area contributed by atoms with E-state index in [-0.39, 0.29) is 11.9 Å². The molecule has 2 heterocycles. The van der Waals surface area contributed by atoms with Crippen LogP contribution in [0.15, 0.2) is 18.2 Å². The molecule has 140 valence electrons. The highest BCUT2D eigenvalue weighted by atomic mass is 16.6. The summed E-state index contributed by atoms with van der Waals surface area (Å²) in [5.74, 6) is 0.806. The molecule has 0 bridgehead atoms. The zero-order valence-corrected chi connectivity index (χ0v) is 15.5. The van der Waals surface area contributed by atoms with Crippen molar-refractivity contribution in [3.05, 3.63) is 29.5 Å². The first-order valence-electron chi connectivity index (χ1n) is 8.87. The summed E-state index contributed by atoms with van der Waals surface area (Å²) in [5.41, 5.74) is 2.51. The zero-order chi connectivity index (χ0) is 18.7. The lowest BCUT2D eigenvalue weighted by Gasteiger charge is -2.33. The number of ketones is 1. The fourth-order valence-electron chi connectivity index (χ4n) is 3.38. The van der Waals surface area contributed by atoms with Crippen molar-refractivity contribution in [2.45, 2.75) is 13.8 Å². The quantitative estimate of drug-likeness (QED) is 0.830. The van der Waals surface area contributed by atoms with Gasteiger partial charge in [0.1, 0.15) is 5.75 Å². The molecule has 1 N–H and O–H groups in total. The monoisotopic (exact) mass is 359 g/mol. The van der Waals surface area contributed by atoms with Gasteiger partial charge in [-0.25, -0.2) is 4.79 Å². The maximum atomic E-state index is 12.9. The number of nitrogens with zero attached hydrogens (tertiary/aromatic N) is 2. The number of carbonyl (C=O) groups excluding carboxylic acids is 2. The minimum atomic E-state index is -0.280. The smallest absolute Gasteiger partial charge is 0.409 e. The van der Waals surface area contributed by atoms with E-state index in [1.54, 1.807) is 18.9 Å². The van der Waals surface area contributed by atoms with Gasteiger partial charge < -0.3 is 19.4 Å². The summed E-state index contributed by atoms with van der Waals surface area (Å²) in [6.07, 6.45) is -0.280. The molecule has 0 atom stereocenters. The van der Waals surface area contributed by atoms with Crippen LogP contribution >= 0.6 is 0 Å². The van der Waals surface area contributed by atoms with Gasteiger partial charge >= 0.3 is 6.09 Å². The fourth-order valence-corrected chi connectivity index (χ4v) is 3.38. The van der Waals surface area contributed by atoms with Crippen LogP contribution in [-0.2, 0) is 4.74 Å². The van der Waals surface area contributed by atoms with Crippen LogP contribution in [-0.4, -0.2) is 73.1 Å². The van der Waals surface area contributed by atoms with E-state index in [0.717, 1.165) is 22.3 Å². The first kappa shape index (κ1) is 18.3. The predicted molar refractivity (Wildman–Crippen MR) is 99.0 cm³/mol. The number of fused-ring (bicyclic) bond motifs is 1. The second-order valence-corrected chi connectivity index (χ2v) is 6.42. The average Bonchev–Trinajstić information content (AvgIpc) is 2.97. The summed E-state index contributed by atoms with van der Waals surface area (Å²) in [7, 11) is 1.62. The van der Waals surface area contributed by atoms with E-state index in [4.69, 9.17) is 9.47 Å². The Kier molecular flexibility index (Phi) is 5.46. The van der Waals surface area contributed by atoms with E-state index >= 15 is 0 Å². The standard InChI is InChI=1S/C19H25N3O4/c1-4-26-19(24)22-9-7-21(8-10-22)12-17(23)18-13(2)20-16-6-5-14(25-3)11-15(16)18/h5-6,11,20H,4,7-10,12H2,1-3H3. The van der Waals surface area contributed by atoms with Crippen molar-refractivity contribution in [1.82, 2.24) is 14.8 Å². The van der Waals surface area contributed by atoms with Crippen molar-refractivity contribution in [2.24, 2.45) is 0 Å². The Morgan fingerprint density at radius 1 is 1.19 bits per heavy atom. The summed E-state index contributed by atoms with van der Waals surface area (Å²) in [5, 5.41) is 0.886. The van der Waals surface area contributed by atoms with Crippen LogP contribution in [0.2, 0.25) is 0 Å². The number of ether oxygens (including phenoxy) is 2. The maximum Gasteiger partial charge on any atom is 0.409 e. The lowest BCUT2D eigenvalue weighted by molar-refractivity contribution is 0.0733. The van der Waals surface area contributed by atoms with Crippen LogP contribution in [0.3, 0.4) is 0 Å². The molecule has 7 heteroatoms. The number of hydrogen-bond acceptors (Lipinski definition) is 5. The number of amides is 1. The number of aromatic amines is 1. The molecule has 0 spiro atoms. The number of piperazine rings is 1. The van der Waals surface area contributed by atoms with Crippen molar-refractivity contribution in [3.8, 4) is 5.75 Å². The van der Waals surface area contributed by atoms with Gasteiger partial charge in [0.15, 0.2) is 5.78 Å². The molecule has 1 aliphatic rings. The summed E-state index contributed by atoms with van der Waals surface area (Å²) in [6.45, 7) is 6.90. The molecule has 2 aromatic rings. The van der Waals surface area contributed by atoms with Crippen LogP contribution in [0.4, 0.5) is 4.79 Å². The molecule has 3 rings (SSSR count). The van der Waals surface area contributed by atoms with E-state index < -0.39 is 0 Å². The number of nitrogens with one attached hydrogen (secondary N) is 1. The summed E-state index contributed by atoms with van der Waals surface area (Å²) >= 11 is 0.